The second-order valence-electron chi connectivity index (χ2n) is 8.92. The maximum absolute atomic E-state index is 12.7. The van der Waals surface area contributed by atoms with Crippen molar-refractivity contribution in [3.05, 3.63) is 54.1 Å². The van der Waals surface area contributed by atoms with E-state index < -0.39 is 6.10 Å². The van der Waals surface area contributed by atoms with Crippen LogP contribution in [0.2, 0.25) is 0 Å². The number of carbonyl (C=O) groups excluding carboxylic acids is 2. The van der Waals surface area contributed by atoms with Gasteiger partial charge >= 0.3 is 0 Å². The number of rotatable bonds is 8. The lowest BCUT2D eigenvalue weighted by Crippen LogP contribution is -2.40. The zero-order valence-electron chi connectivity index (χ0n) is 18.2. The SMILES string of the molecule is O=C(NCC1(CO)CC1)C1=CC=CCC1OCC1CC(=O)n2nc(-c3ccccc3)nc2N1. The highest BCUT2D eigenvalue weighted by atomic mass is 16.5. The number of allylic oxidation sites excluding steroid dienone is 2. The molecular weight excluding hydrogens is 422 g/mol. The third kappa shape index (κ3) is 4.60. The minimum atomic E-state index is -0.393. The lowest BCUT2D eigenvalue weighted by atomic mass is 10.00. The first-order chi connectivity index (χ1) is 16.1. The summed E-state index contributed by atoms with van der Waals surface area (Å²) in [6.45, 7) is 0.807. The van der Waals surface area contributed by atoms with Crippen LogP contribution in [0.5, 0.6) is 0 Å². The molecule has 1 aromatic heterocycles. The molecule has 1 fully saturated rings. The lowest BCUT2D eigenvalue weighted by molar-refractivity contribution is -0.119. The van der Waals surface area contributed by atoms with Gasteiger partial charge in [0.25, 0.3) is 5.91 Å². The molecule has 9 heteroatoms. The molecule has 1 amide bonds. The monoisotopic (exact) mass is 449 g/mol. The van der Waals surface area contributed by atoms with Gasteiger partial charge < -0.3 is 20.5 Å². The van der Waals surface area contributed by atoms with E-state index in [9.17, 15) is 14.7 Å². The van der Waals surface area contributed by atoms with Gasteiger partial charge in [-0.2, -0.15) is 9.67 Å². The quantitative estimate of drug-likeness (QED) is 0.564. The number of carbonyl (C=O) groups is 2. The van der Waals surface area contributed by atoms with E-state index in [4.69, 9.17) is 4.74 Å². The predicted molar refractivity (Wildman–Crippen MR) is 121 cm³/mol. The largest absolute Gasteiger partial charge is 0.396 e. The van der Waals surface area contributed by atoms with Crippen molar-refractivity contribution in [3.8, 4) is 11.4 Å². The van der Waals surface area contributed by atoms with Crippen LogP contribution >= 0.6 is 0 Å². The van der Waals surface area contributed by atoms with Crippen molar-refractivity contribution in [1.29, 1.82) is 0 Å². The molecule has 1 aromatic carbocycles. The number of benzene rings is 1. The minimum Gasteiger partial charge on any atom is -0.396 e. The van der Waals surface area contributed by atoms with Crippen LogP contribution < -0.4 is 10.6 Å². The maximum Gasteiger partial charge on any atom is 0.252 e. The van der Waals surface area contributed by atoms with Crippen LogP contribution in [0.3, 0.4) is 0 Å². The Morgan fingerprint density at radius 2 is 2.12 bits per heavy atom. The fourth-order valence-corrected chi connectivity index (χ4v) is 4.08. The van der Waals surface area contributed by atoms with Crippen molar-refractivity contribution in [2.24, 2.45) is 5.41 Å². The fraction of sp³-hybridized carbons (Fsp3) is 0.417. The summed E-state index contributed by atoms with van der Waals surface area (Å²) in [5.74, 6) is 0.560. The predicted octanol–water partition coefficient (Wildman–Crippen LogP) is 1.93. The van der Waals surface area contributed by atoms with Crippen molar-refractivity contribution >= 4 is 17.8 Å². The van der Waals surface area contributed by atoms with Gasteiger partial charge in [0.15, 0.2) is 5.82 Å². The summed E-state index contributed by atoms with van der Waals surface area (Å²) in [5.41, 5.74) is 1.24. The van der Waals surface area contributed by atoms with E-state index >= 15 is 0 Å². The number of aliphatic hydroxyl groups excluding tert-OH is 1. The molecule has 172 valence electrons. The first-order valence-electron chi connectivity index (χ1n) is 11.3. The van der Waals surface area contributed by atoms with Crippen LogP contribution in [-0.2, 0) is 9.53 Å². The molecule has 1 aliphatic heterocycles. The first-order valence-corrected chi connectivity index (χ1v) is 11.3. The van der Waals surface area contributed by atoms with Crippen LogP contribution in [0.15, 0.2) is 54.1 Å². The van der Waals surface area contributed by atoms with Crippen molar-refractivity contribution in [2.45, 2.75) is 37.8 Å². The third-order valence-electron chi connectivity index (χ3n) is 6.42. The van der Waals surface area contributed by atoms with E-state index in [0.717, 1.165) is 18.4 Å². The molecule has 3 aliphatic rings. The van der Waals surface area contributed by atoms with Gasteiger partial charge in [0.1, 0.15) is 0 Å². The van der Waals surface area contributed by atoms with Gasteiger partial charge in [0.2, 0.25) is 11.9 Å². The normalized spacial score (nSPS) is 22.8. The molecule has 5 rings (SSSR count). The van der Waals surface area contributed by atoms with Gasteiger partial charge in [0, 0.05) is 23.1 Å². The van der Waals surface area contributed by atoms with Gasteiger partial charge in [-0.05, 0) is 19.3 Å². The third-order valence-corrected chi connectivity index (χ3v) is 6.42. The highest BCUT2D eigenvalue weighted by Gasteiger charge is 2.42. The van der Waals surface area contributed by atoms with E-state index in [2.05, 4.69) is 20.7 Å². The van der Waals surface area contributed by atoms with Crippen molar-refractivity contribution in [3.63, 3.8) is 0 Å². The molecule has 0 radical (unpaired) electrons. The summed E-state index contributed by atoms with van der Waals surface area (Å²) >= 11 is 0. The molecule has 0 saturated heterocycles. The van der Waals surface area contributed by atoms with Crippen LogP contribution in [0.4, 0.5) is 5.95 Å². The standard InChI is InChI=1S/C24H27N5O4/c30-15-24(10-11-24)14-25-22(32)18-8-4-5-9-19(18)33-13-17-12-20(31)29-23(26-17)27-21(28-29)16-6-2-1-3-7-16/h1-8,17,19,30H,9-15H2,(H,25,32)(H,26,27,28). The van der Waals surface area contributed by atoms with E-state index in [1.807, 2.05) is 42.5 Å². The molecule has 0 bridgehead atoms. The van der Waals surface area contributed by atoms with Gasteiger partial charge in [-0.1, -0.05) is 48.6 Å². The summed E-state index contributed by atoms with van der Waals surface area (Å²) in [5, 5.41) is 20.0. The van der Waals surface area contributed by atoms with Gasteiger partial charge in [-0.25, -0.2) is 0 Å². The number of amides is 1. The fourth-order valence-electron chi connectivity index (χ4n) is 4.08. The summed E-state index contributed by atoms with van der Waals surface area (Å²) in [4.78, 5) is 29.9. The Morgan fingerprint density at radius 3 is 2.88 bits per heavy atom. The summed E-state index contributed by atoms with van der Waals surface area (Å²) in [7, 11) is 0. The lowest BCUT2D eigenvalue weighted by Gasteiger charge is -2.27. The molecule has 2 unspecified atom stereocenters. The highest BCUT2D eigenvalue weighted by Crippen LogP contribution is 2.44. The van der Waals surface area contributed by atoms with E-state index in [0.29, 0.717) is 30.3 Å². The van der Waals surface area contributed by atoms with Crippen LogP contribution in [0.25, 0.3) is 11.4 Å². The second-order valence-corrected chi connectivity index (χ2v) is 8.92. The van der Waals surface area contributed by atoms with E-state index in [1.54, 1.807) is 6.08 Å². The Balaban J connectivity index is 1.20. The topological polar surface area (TPSA) is 118 Å². The van der Waals surface area contributed by atoms with Crippen LogP contribution in [0.1, 0.15) is 30.5 Å². The van der Waals surface area contributed by atoms with E-state index in [1.165, 1.54) is 4.68 Å². The molecule has 1 saturated carbocycles. The highest BCUT2D eigenvalue weighted by molar-refractivity contribution is 5.95. The molecule has 2 atom stereocenters. The number of nitrogens with zero attached hydrogens (tertiary/aromatic N) is 3. The molecule has 0 spiro atoms. The van der Waals surface area contributed by atoms with Crippen molar-refractivity contribution < 1.29 is 19.4 Å². The Morgan fingerprint density at radius 1 is 1.30 bits per heavy atom. The molecule has 2 aliphatic carbocycles. The molecule has 2 aromatic rings. The first kappa shape index (κ1) is 21.5. The summed E-state index contributed by atoms with van der Waals surface area (Å²) in [6.07, 6.45) is 7.85. The van der Waals surface area contributed by atoms with Gasteiger partial charge in [-0.15, -0.1) is 5.10 Å². The van der Waals surface area contributed by atoms with Crippen molar-refractivity contribution in [2.75, 3.05) is 25.1 Å². The van der Waals surface area contributed by atoms with Gasteiger partial charge in [0.05, 0.1) is 31.8 Å². The summed E-state index contributed by atoms with van der Waals surface area (Å²) < 4.78 is 7.38. The van der Waals surface area contributed by atoms with Gasteiger partial charge in [-0.3, -0.25) is 9.59 Å². The molecule has 9 nitrogen and oxygen atoms in total. The summed E-state index contributed by atoms with van der Waals surface area (Å²) in [6, 6.07) is 9.24. The average Bonchev–Trinajstić information content (AvgIpc) is 3.51. The smallest absolute Gasteiger partial charge is 0.252 e. The minimum absolute atomic E-state index is 0.0874. The molecular formula is C24H27N5O4. The number of aromatic nitrogens is 3. The maximum atomic E-state index is 12.7. The van der Waals surface area contributed by atoms with Crippen LogP contribution in [-0.4, -0.2) is 63.6 Å². The van der Waals surface area contributed by atoms with Crippen molar-refractivity contribution in [1.82, 2.24) is 20.1 Å². The average molecular weight is 450 g/mol. The zero-order valence-corrected chi connectivity index (χ0v) is 18.2. The number of aliphatic hydroxyl groups is 1. The Hall–Kier alpha value is -3.30. The number of fused-ring (bicyclic) bond motifs is 1. The second kappa shape index (κ2) is 8.92. The number of hydrogen-bond acceptors (Lipinski definition) is 7. The zero-order chi connectivity index (χ0) is 22.8. The Labute approximate surface area is 191 Å². The number of anilines is 1. The molecule has 3 N–H and O–H groups in total. The Bertz CT molecular complexity index is 1100. The number of hydrogen-bond donors (Lipinski definition) is 3. The molecule has 2 heterocycles. The van der Waals surface area contributed by atoms with Crippen LogP contribution in [0, 0.1) is 5.41 Å². The number of nitrogens with one attached hydrogen (secondary N) is 2. The Kier molecular flexibility index (Phi) is 5.82. The number of ether oxygens (including phenoxy) is 1. The van der Waals surface area contributed by atoms with E-state index in [-0.39, 0.29) is 42.9 Å². The molecule has 33 heavy (non-hydrogen) atoms.